The highest BCUT2D eigenvalue weighted by molar-refractivity contribution is 6.42. The van der Waals surface area contributed by atoms with E-state index in [1.165, 1.54) is 4.90 Å². The van der Waals surface area contributed by atoms with Crippen molar-refractivity contribution in [3.05, 3.63) is 115 Å². The van der Waals surface area contributed by atoms with E-state index in [1.807, 2.05) is 30.3 Å². The minimum absolute atomic E-state index is 0.0171. The van der Waals surface area contributed by atoms with Gasteiger partial charge in [-0.25, -0.2) is 0 Å². The first kappa shape index (κ1) is 33.3. The number of carboxylic acid groups (broad SMARTS) is 1. The molecule has 228 valence electrons. The van der Waals surface area contributed by atoms with Crippen LogP contribution in [0.25, 0.3) is 12.2 Å². The maximum atomic E-state index is 14.1. The quantitative estimate of drug-likeness (QED) is 0.222. The molecule has 1 unspecified atom stereocenters. The van der Waals surface area contributed by atoms with Crippen LogP contribution in [-0.2, 0) is 25.6 Å². The van der Waals surface area contributed by atoms with Gasteiger partial charge < -0.3 is 15.3 Å². The third-order valence-corrected chi connectivity index (χ3v) is 8.37. The summed E-state index contributed by atoms with van der Waals surface area (Å²) in [4.78, 5) is 53.0. The van der Waals surface area contributed by atoms with E-state index in [9.17, 15) is 19.2 Å². The number of piperidine rings is 1. The summed E-state index contributed by atoms with van der Waals surface area (Å²) < 4.78 is 0. The van der Waals surface area contributed by atoms with Crippen molar-refractivity contribution in [1.82, 2.24) is 10.2 Å². The number of nitrogens with one attached hydrogen (secondary N) is 1. The Morgan fingerprint density at radius 1 is 0.795 bits per heavy atom. The van der Waals surface area contributed by atoms with Gasteiger partial charge in [0.25, 0.3) is 0 Å². The number of aliphatic carboxylic acids is 1. The summed E-state index contributed by atoms with van der Waals surface area (Å²) >= 11 is 24.6. The summed E-state index contributed by atoms with van der Waals surface area (Å²) in [6, 6.07) is 18.2. The van der Waals surface area contributed by atoms with E-state index in [0.29, 0.717) is 42.4 Å². The molecular weight excluding hydrogens is 646 g/mol. The third kappa shape index (κ3) is 9.19. The van der Waals surface area contributed by atoms with E-state index >= 15 is 0 Å². The van der Waals surface area contributed by atoms with Gasteiger partial charge in [-0.2, -0.15) is 0 Å². The second-order valence-electron chi connectivity index (χ2n) is 10.3. The Morgan fingerprint density at radius 2 is 1.34 bits per heavy atom. The van der Waals surface area contributed by atoms with Crippen molar-refractivity contribution in [1.29, 1.82) is 0 Å². The molecule has 1 saturated heterocycles. The number of rotatable bonds is 10. The number of halogens is 4. The number of carbonyl (C=O) groups excluding carboxylic acids is 3. The molecule has 0 aliphatic carbocycles. The number of ketones is 1. The van der Waals surface area contributed by atoms with Crippen molar-refractivity contribution in [3.63, 3.8) is 0 Å². The predicted octanol–water partition coefficient (Wildman–Crippen LogP) is 7.16. The standard InChI is InChI=1S/C33H28Cl4N2O5/c34-25-11-9-21(15-27(25)36)13-23-18-39(19-24(32(23)43)14-22-10-12-26(35)28(37)16-22)33(44)29(17-20-5-2-1-3-6-20)38-30(40)7-4-8-31(41)42/h1-3,5-6,9-16,29H,4,7-8,17-19H2,(H,38,40)(H,41,42)/b23-13+,24-14+. The lowest BCUT2D eigenvalue weighted by molar-refractivity contribution is -0.138. The normalized spacial score (nSPS) is 15.8. The van der Waals surface area contributed by atoms with Gasteiger partial charge in [0.15, 0.2) is 5.78 Å². The Bertz CT molecular complexity index is 1560. The molecule has 1 heterocycles. The van der Waals surface area contributed by atoms with Crippen LogP contribution in [0.3, 0.4) is 0 Å². The summed E-state index contributed by atoms with van der Waals surface area (Å²) in [7, 11) is 0. The van der Waals surface area contributed by atoms with E-state index in [0.717, 1.165) is 5.56 Å². The van der Waals surface area contributed by atoms with Crippen molar-refractivity contribution >= 4 is 82.1 Å². The second-order valence-corrected chi connectivity index (χ2v) is 11.9. The Balaban J connectivity index is 1.69. The van der Waals surface area contributed by atoms with E-state index < -0.39 is 23.8 Å². The lowest BCUT2D eigenvalue weighted by atomic mass is 9.93. The van der Waals surface area contributed by atoms with Gasteiger partial charge in [0.05, 0.1) is 20.1 Å². The SMILES string of the molecule is O=C(O)CCCC(=O)NC(Cc1ccccc1)C(=O)N1C/C(=C\c2ccc(Cl)c(Cl)c2)C(=O)/C(=C/c2ccc(Cl)c(Cl)c2)C1. The maximum absolute atomic E-state index is 14.1. The van der Waals surface area contributed by atoms with E-state index in [2.05, 4.69) is 5.32 Å². The molecule has 0 radical (unpaired) electrons. The largest absolute Gasteiger partial charge is 0.481 e. The monoisotopic (exact) mass is 672 g/mol. The van der Waals surface area contributed by atoms with Crippen molar-refractivity contribution in [2.24, 2.45) is 0 Å². The van der Waals surface area contributed by atoms with Gasteiger partial charge in [-0.1, -0.05) is 88.9 Å². The molecule has 3 aromatic carbocycles. The number of nitrogens with zero attached hydrogens (tertiary/aromatic N) is 1. The van der Waals surface area contributed by atoms with Crippen LogP contribution in [-0.4, -0.2) is 52.7 Å². The van der Waals surface area contributed by atoms with Crippen LogP contribution >= 0.6 is 46.4 Å². The molecule has 1 fully saturated rings. The fourth-order valence-electron chi connectivity index (χ4n) is 4.74. The molecule has 7 nitrogen and oxygen atoms in total. The average Bonchev–Trinajstić information content (AvgIpc) is 2.98. The zero-order valence-corrected chi connectivity index (χ0v) is 26.4. The minimum atomic E-state index is -1.00. The van der Waals surface area contributed by atoms with Gasteiger partial charge in [0.1, 0.15) is 6.04 Å². The molecule has 0 aromatic heterocycles. The van der Waals surface area contributed by atoms with Crippen molar-refractivity contribution in [3.8, 4) is 0 Å². The van der Waals surface area contributed by atoms with Crippen molar-refractivity contribution in [2.45, 2.75) is 31.7 Å². The molecule has 3 aromatic rings. The highest BCUT2D eigenvalue weighted by Crippen LogP contribution is 2.28. The fraction of sp³-hybridized carbons (Fsp3) is 0.212. The van der Waals surface area contributed by atoms with Crippen LogP contribution in [0, 0.1) is 0 Å². The van der Waals surface area contributed by atoms with Gasteiger partial charge in [-0.3, -0.25) is 19.2 Å². The van der Waals surface area contributed by atoms with Gasteiger partial charge in [0, 0.05) is 43.5 Å². The number of carboxylic acids is 1. The molecule has 1 aliphatic rings. The first-order valence-corrected chi connectivity index (χ1v) is 15.2. The first-order chi connectivity index (χ1) is 21.0. The Labute approximate surface area is 275 Å². The van der Waals surface area contributed by atoms with Crippen LogP contribution in [0.5, 0.6) is 0 Å². The molecule has 0 spiro atoms. The number of hydrogen-bond donors (Lipinski definition) is 2. The number of hydrogen-bond acceptors (Lipinski definition) is 4. The highest BCUT2D eigenvalue weighted by atomic mass is 35.5. The molecule has 44 heavy (non-hydrogen) atoms. The molecule has 1 atom stereocenters. The predicted molar refractivity (Wildman–Crippen MR) is 174 cm³/mol. The lowest BCUT2D eigenvalue weighted by Gasteiger charge is -2.33. The number of Topliss-reactive ketones (excluding diaryl/α,β-unsaturated/α-hetero) is 1. The van der Waals surface area contributed by atoms with Crippen LogP contribution in [0.2, 0.25) is 20.1 Å². The first-order valence-electron chi connectivity index (χ1n) is 13.7. The zero-order chi connectivity index (χ0) is 31.8. The topological polar surface area (TPSA) is 104 Å². The Hall–Kier alpha value is -3.62. The fourth-order valence-corrected chi connectivity index (χ4v) is 5.35. The highest BCUT2D eigenvalue weighted by Gasteiger charge is 2.33. The van der Waals surface area contributed by atoms with E-state index in [4.69, 9.17) is 51.5 Å². The van der Waals surface area contributed by atoms with Crippen LogP contribution in [0.1, 0.15) is 36.0 Å². The van der Waals surface area contributed by atoms with E-state index in [1.54, 1.807) is 48.6 Å². The molecule has 2 amide bonds. The molecule has 4 rings (SSSR count). The zero-order valence-electron chi connectivity index (χ0n) is 23.4. The number of carbonyl (C=O) groups is 4. The average molecular weight is 674 g/mol. The van der Waals surface area contributed by atoms with Gasteiger partial charge in [-0.05, 0) is 59.5 Å². The van der Waals surface area contributed by atoms with Crippen LogP contribution < -0.4 is 5.32 Å². The summed E-state index contributed by atoms with van der Waals surface area (Å²) in [5.41, 5.74) is 2.74. The Morgan fingerprint density at radius 3 is 1.84 bits per heavy atom. The Kier molecular flexibility index (Phi) is 11.6. The molecule has 2 N–H and O–H groups in total. The maximum Gasteiger partial charge on any atom is 0.303 e. The van der Waals surface area contributed by atoms with Gasteiger partial charge >= 0.3 is 5.97 Å². The molecular formula is C33H28Cl4N2O5. The number of benzene rings is 3. The summed E-state index contributed by atoms with van der Waals surface area (Å²) in [6.07, 6.45) is 3.44. The third-order valence-electron chi connectivity index (χ3n) is 6.90. The second kappa shape index (κ2) is 15.4. The summed E-state index contributed by atoms with van der Waals surface area (Å²) in [6.45, 7) is -0.0341. The summed E-state index contributed by atoms with van der Waals surface area (Å²) in [5, 5.41) is 13.1. The molecule has 0 bridgehead atoms. The van der Waals surface area contributed by atoms with E-state index in [-0.39, 0.29) is 44.6 Å². The van der Waals surface area contributed by atoms with Gasteiger partial charge in [0.2, 0.25) is 11.8 Å². The van der Waals surface area contributed by atoms with Gasteiger partial charge in [-0.15, -0.1) is 0 Å². The van der Waals surface area contributed by atoms with Crippen LogP contribution in [0.15, 0.2) is 77.9 Å². The molecule has 0 saturated carbocycles. The number of likely N-dealkylation sites (tertiary alicyclic amines) is 1. The van der Waals surface area contributed by atoms with Crippen LogP contribution in [0.4, 0.5) is 0 Å². The molecule has 1 aliphatic heterocycles. The summed E-state index contributed by atoms with van der Waals surface area (Å²) in [5.74, 6) is -2.10. The minimum Gasteiger partial charge on any atom is -0.481 e. The smallest absolute Gasteiger partial charge is 0.303 e. The lowest BCUT2D eigenvalue weighted by Crippen LogP contribution is -2.52. The van der Waals surface area contributed by atoms with Crippen molar-refractivity contribution < 1.29 is 24.3 Å². The molecule has 11 heteroatoms. The number of amides is 2. The van der Waals surface area contributed by atoms with Crippen molar-refractivity contribution in [2.75, 3.05) is 13.1 Å².